The van der Waals surface area contributed by atoms with Gasteiger partial charge in [0.25, 0.3) is 0 Å². The van der Waals surface area contributed by atoms with Gasteiger partial charge in [0, 0.05) is 36.5 Å². The molecule has 1 amide bonds. The van der Waals surface area contributed by atoms with Crippen molar-refractivity contribution in [2.24, 2.45) is 5.73 Å². The highest BCUT2D eigenvalue weighted by atomic mass is 35.5. The van der Waals surface area contributed by atoms with Gasteiger partial charge < -0.3 is 15.6 Å². The zero-order valence-electron chi connectivity index (χ0n) is 15.8. The number of fused-ring (bicyclic) bond motifs is 1. The van der Waals surface area contributed by atoms with Crippen molar-refractivity contribution in [1.29, 1.82) is 0 Å². The number of hydrogen-bond donors (Lipinski definition) is 2. The van der Waals surface area contributed by atoms with Crippen LogP contribution in [-0.2, 0) is 11.2 Å². The summed E-state index contributed by atoms with van der Waals surface area (Å²) in [6, 6.07) is 18.9. The van der Waals surface area contributed by atoms with E-state index in [9.17, 15) is 4.79 Å². The lowest BCUT2D eigenvalue weighted by molar-refractivity contribution is -0.114. The van der Waals surface area contributed by atoms with Crippen LogP contribution in [-0.4, -0.2) is 16.0 Å². The van der Waals surface area contributed by atoms with Crippen molar-refractivity contribution in [3.63, 3.8) is 0 Å². The molecule has 0 saturated heterocycles. The summed E-state index contributed by atoms with van der Waals surface area (Å²) in [5, 5.41) is 8.03. The van der Waals surface area contributed by atoms with Gasteiger partial charge in [0.2, 0.25) is 5.91 Å². The molecular weight excluding hydrogens is 388 g/mol. The van der Waals surface area contributed by atoms with Crippen LogP contribution in [0.3, 0.4) is 0 Å². The Kier molecular flexibility index (Phi) is 6.26. The van der Waals surface area contributed by atoms with Crippen LogP contribution in [0.25, 0.3) is 22.2 Å². The Morgan fingerprint density at radius 1 is 1.10 bits per heavy atom. The molecule has 2 aromatic carbocycles. The van der Waals surface area contributed by atoms with E-state index in [4.69, 9.17) is 10.3 Å². The fraction of sp³-hybridized carbons (Fsp3) is 0.136. The van der Waals surface area contributed by atoms with Gasteiger partial charge in [0.1, 0.15) is 5.69 Å². The van der Waals surface area contributed by atoms with E-state index in [1.165, 1.54) is 6.92 Å². The molecule has 0 bridgehead atoms. The number of nitrogens with zero attached hydrogens (tertiary/aromatic N) is 2. The number of rotatable bonds is 5. The Bertz CT molecular complexity index is 1140. The normalized spacial score (nSPS) is 11.7. The maximum absolute atomic E-state index is 11.5. The molecule has 4 rings (SSSR count). The SMILES string of the molecule is CC(=O)Nc1cccnc1C[C@H](N)c1ccccc1-c1noc2ccccc12.Cl. The van der Waals surface area contributed by atoms with Crippen molar-refractivity contribution in [1.82, 2.24) is 10.1 Å². The van der Waals surface area contributed by atoms with E-state index in [0.717, 1.165) is 33.5 Å². The van der Waals surface area contributed by atoms with Crippen LogP contribution in [0, 0.1) is 0 Å². The van der Waals surface area contributed by atoms with Crippen molar-refractivity contribution in [3.8, 4) is 11.3 Å². The summed E-state index contributed by atoms with van der Waals surface area (Å²) in [4.78, 5) is 15.9. The number of nitrogens with two attached hydrogens (primary N) is 1. The maximum atomic E-state index is 11.5. The van der Waals surface area contributed by atoms with E-state index in [2.05, 4.69) is 15.5 Å². The summed E-state index contributed by atoms with van der Waals surface area (Å²) >= 11 is 0. The number of amides is 1. The lowest BCUT2D eigenvalue weighted by atomic mass is 9.94. The van der Waals surface area contributed by atoms with Gasteiger partial charge in [-0.1, -0.05) is 41.6 Å². The fourth-order valence-electron chi connectivity index (χ4n) is 3.34. The van der Waals surface area contributed by atoms with Gasteiger partial charge in [-0.2, -0.15) is 0 Å². The highest BCUT2D eigenvalue weighted by Crippen LogP contribution is 2.33. The number of carbonyl (C=O) groups excluding carboxylic acids is 1. The molecule has 29 heavy (non-hydrogen) atoms. The number of nitrogens with one attached hydrogen (secondary N) is 1. The molecule has 0 fully saturated rings. The second kappa shape index (κ2) is 8.86. The first-order valence-corrected chi connectivity index (χ1v) is 9.04. The van der Waals surface area contributed by atoms with Crippen molar-refractivity contribution < 1.29 is 9.32 Å². The second-order valence-electron chi connectivity index (χ2n) is 6.60. The highest BCUT2D eigenvalue weighted by Gasteiger charge is 2.19. The summed E-state index contributed by atoms with van der Waals surface area (Å²) < 4.78 is 5.47. The Hall–Kier alpha value is -3.22. The molecule has 2 aromatic heterocycles. The first-order chi connectivity index (χ1) is 13.6. The molecule has 2 heterocycles. The largest absolute Gasteiger partial charge is 0.356 e. The monoisotopic (exact) mass is 408 g/mol. The zero-order chi connectivity index (χ0) is 19.5. The maximum Gasteiger partial charge on any atom is 0.221 e. The van der Waals surface area contributed by atoms with Crippen LogP contribution in [0.4, 0.5) is 5.69 Å². The van der Waals surface area contributed by atoms with Crippen molar-refractivity contribution >= 4 is 35.0 Å². The van der Waals surface area contributed by atoms with Crippen LogP contribution in [0.5, 0.6) is 0 Å². The molecule has 7 heteroatoms. The Morgan fingerprint density at radius 3 is 2.69 bits per heavy atom. The van der Waals surface area contributed by atoms with Gasteiger partial charge in [-0.3, -0.25) is 9.78 Å². The van der Waals surface area contributed by atoms with Crippen molar-refractivity contribution in [2.75, 3.05) is 5.32 Å². The van der Waals surface area contributed by atoms with Gasteiger partial charge in [0.15, 0.2) is 5.58 Å². The lowest BCUT2D eigenvalue weighted by Gasteiger charge is -2.17. The average Bonchev–Trinajstić information content (AvgIpc) is 3.13. The molecule has 0 unspecified atom stereocenters. The molecule has 0 spiro atoms. The third kappa shape index (κ3) is 4.29. The molecule has 6 nitrogen and oxygen atoms in total. The smallest absolute Gasteiger partial charge is 0.221 e. The van der Waals surface area contributed by atoms with E-state index < -0.39 is 0 Å². The van der Waals surface area contributed by atoms with Crippen LogP contribution in [0.2, 0.25) is 0 Å². The van der Waals surface area contributed by atoms with Crippen molar-refractivity contribution in [2.45, 2.75) is 19.4 Å². The first-order valence-electron chi connectivity index (χ1n) is 9.04. The summed E-state index contributed by atoms with van der Waals surface area (Å²) in [6.07, 6.45) is 2.17. The highest BCUT2D eigenvalue weighted by molar-refractivity contribution is 5.92. The van der Waals surface area contributed by atoms with Crippen LogP contribution < -0.4 is 11.1 Å². The molecule has 4 aromatic rings. The minimum atomic E-state index is -0.325. The number of halogens is 1. The Labute approximate surface area is 174 Å². The standard InChI is InChI=1S/C22H20N4O2.ClH/c1-14(27)25-19-10-6-12-24-20(19)13-18(23)15-7-2-3-8-16(15)22-17-9-4-5-11-21(17)28-26-22;/h2-12,18H,13,23H2,1H3,(H,25,27);1H/t18-;/m0./s1. The molecule has 3 N–H and O–H groups in total. The molecule has 1 atom stereocenters. The number of benzene rings is 2. The Morgan fingerprint density at radius 2 is 1.86 bits per heavy atom. The molecule has 0 aliphatic heterocycles. The van der Waals surface area contributed by atoms with Gasteiger partial charge in [0.05, 0.1) is 11.4 Å². The molecule has 148 valence electrons. The average molecular weight is 409 g/mol. The number of para-hydroxylation sites is 1. The minimum absolute atomic E-state index is 0. The quantitative estimate of drug-likeness (QED) is 0.506. The number of carbonyl (C=O) groups is 1. The molecular formula is C22H21ClN4O2. The topological polar surface area (TPSA) is 94.0 Å². The summed E-state index contributed by atoms with van der Waals surface area (Å²) in [5.41, 5.74) is 11.4. The summed E-state index contributed by atoms with van der Waals surface area (Å²) in [5.74, 6) is -0.141. The second-order valence-corrected chi connectivity index (χ2v) is 6.60. The number of hydrogen-bond acceptors (Lipinski definition) is 5. The first kappa shape index (κ1) is 20.5. The van der Waals surface area contributed by atoms with E-state index >= 15 is 0 Å². The lowest BCUT2D eigenvalue weighted by Crippen LogP contribution is -2.17. The third-order valence-electron chi connectivity index (χ3n) is 4.61. The van der Waals surface area contributed by atoms with Gasteiger partial charge in [-0.25, -0.2) is 0 Å². The van der Waals surface area contributed by atoms with E-state index in [1.807, 2.05) is 54.6 Å². The molecule has 0 saturated carbocycles. The molecule has 0 aliphatic carbocycles. The van der Waals surface area contributed by atoms with Gasteiger partial charge >= 0.3 is 0 Å². The Balaban J connectivity index is 0.00000240. The van der Waals surface area contributed by atoms with Crippen LogP contribution >= 0.6 is 12.4 Å². The molecule has 0 radical (unpaired) electrons. The fourth-order valence-corrected chi connectivity index (χ4v) is 3.34. The number of aromatic nitrogens is 2. The van der Waals surface area contributed by atoms with Crippen LogP contribution in [0.1, 0.15) is 24.2 Å². The van der Waals surface area contributed by atoms with Crippen molar-refractivity contribution in [3.05, 3.63) is 78.1 Å². The predicted octanol–water partition coefficient (Wildman–Crippen LogP) is 4.51. The summed E-state index contributed by atoms with van der Waals surface area (Å²) in [7, 11) is 0. The zero-order valence-corrected chi connectivity index (χ0v) is 16.6. The number of anilines is 1. The van der Waals surface area contributed by atoms with Gasteiger partial charge in [-0.15, -0.1) is 12.4 Å². The number of pyridine rings is 1. The minimum Gasteiger partial charge on any atom is -0.356 e. The summed E-state index contributed by atoms with van der Waals surface area (Å²) in [6.45, 7) is 1.47. The molecule has 0 aliphatic rings. The van der Waals surface area contributed by atoms with E-state index in [1.54, 1.807) is 12.3 Å². The van der Waals surface area contributed by atoms with E-state index in [0.29, 0.717) is 12.1 Å². The van der Waals surface area contributed by atoms with E-state index in [-0.39, 0.29) is 24.4 Å². The van der Waals surface area contributed by atoms with Crippen LogP contribution in [0.15, 0.2) is 71.4 Å². The predicted molar refractivity (Wildman–Crippen MR) is 116 cm³/mol. The third-order valence-corrected chi connectivity index (χ3v) is 4.61. The van der Waals surface area contributed by atoms with Gasteiger partial charge in [-0.05, 0) is 29.8 Å².